The molecule has 0 fully saturated rings. The van der Waals surface area contributed by atoms with Crippen LogP contribution in [0.2, 0.25) is 0 Å². The van der Waals surface area contributed by atoms with E-state index in [1.54, 1.807) is 30.6 Å². The smallest absolute Gasteiger partial charge is 0.287 e. The monoisotopic (exact) mass is 291 g/mol. The van der Waals surface area contributed by atoms with E-state index in [4.69, 9.17) is 9.15 Å². The fourth-order valence-corrected chi connectivity index (χ4v) is 2.56. The van der Waals surface area contributed by atoms with Gasteiger partial charge >= 0.3 is 0 Å². The van der Waals surface area contributed by atoms with Crippen molar-refractivity contribution in [3.63, 3.8) is 0 Å². The molecule has 3 rings (SSSR count). The quantitative estimate of drug-likeness (QED) is 0.781. The summed E-state index contributed by atoms with van der Waals surface area (Å²) in [5, 5.41) is 4.74. The van der Waals surface area contributed by atoms with Crippen LogP contribution < -0.4 is 5.32 Å². The van der Waals surface area contributed by atoms with E-state index < -0.39 is 0 Å². The van der Waals surface area contributed by atoms with Gasteiger partial charge in [-0.3, -0.25) is 9.20 Å². The summed E-state index contributed by atoms with van der Waals surface area (Å²) in [4.78, 5) is 17.2. The number of rotatable bonds is 5. The van der Waals surface area contributed by atoms with Gasteiger partial charge in [-0.1, -0.05) is 0 Å². The standard InChI is InChI=1S/C13H13N3O3S/c1-18-8-10-2-3-11(19-10)12(17)14-6-9-7-16-4-5-20-13(16)15-9/h2-5,7H,6,8H2,1H3,(H,14,17). The molecule has 0 saturated heterocycles. The summed E-state index contributed by atoms with van der Waals surface area (Å²) in [5.41, 5.74) is 0.814. The number of nitrogens with zero attached hydrogens (tertiary/aromatic N) is 2. The number of methoxy groups -OCH3 is 1. The van der Waals surface area contributed by atoms with Crippen LogP contribution in [-0.4, -0.2) is 22.4 Å². The molecule has 7 heteroatoms. The Balaban J connectivity index is 1.62. The van der Waals surface area contributed by atoms with Crippen LogP contribution in [0, 0.1) is 0 Å². The Bertz CT molecular complexity index is 699. The molecule has 0 unspecified atom stereocenters. The summed E-state index contributed by atoms with van der Waals surface area (Å²) < 4.78 is 12.2. The predicted octanol–water partition coefficient (Wildman–Crippen LogP) is 2.07. The van der Waals surface area contributed by atoms with Crippen LogP contribution in [0.4, 0.5) is 0 Å². The van der Waals surface area contributed by atoms with Crippen molar-refractivity contribution in [1.82, 2.24) is 14.7 Å². The summed E-state index contributed by atoms with van der Waals surface area (Å²) in [6, 6.07) is 3.36. The number of carbonyl (C=O) groups is 1. The topological polar surface area (TPSA) is 68.8 Å². The first-order chi connectivity index (χ1) is 9.76. The zero-order valence-electron chi connectivity index (χ0n) is 10.8. The molecule has 0 spiro atoms. The van der Waals surface area contributed by atoms with Gasteiger partial charge in [0.2, 0.25) is 0 Å². The molecule has 0 aliphatic heterocycles. The maximum absolute atomic E-state index is 11.9. The van der Waals surface area contributed by atoms with Crippen molar-refractivity contribution in [3.8, 4) is 0 Å². The number of hydrogen-bond acceptors (Lipinski definition) is 5. The van der Waals surface area contributed by atoms with Crippen LogP contribution in [0.15, 0.2) is 34.3 Å². The molecular weight excluding hydrogens is 278 g/mol. The van der Waals surface area contributed by atoms with E-state index in [1.807, 2.05) is 22.2 Å². The van der Waals surface area contributed by atoms with Gasteiger partial charge in [-0.15, -0.1) is 11.3 Å². The fourth-order valence-electron chi connectivity index (χ4n) is 1.84. The molecule has 0 saturated carbocycles. The number of thiazole rings is 1. The van der Waals surface area contributed by atoms with Gasteiger partial charge in [0.25, 0.3) is 5.91 Å². The normalized spacial score (nSPS) is 11.1. The molecule has 6 nitrogen and oxygen atoms in total. The Kier molecular flexibility index (Phi) is 3.53. The minimum atomic E-state index is -0.260. The molecule has 0 aliphatic rings. The highest BCUT2D eigenvalue weighted by molar-refractivity contribution is 7.15. The van der Waals surface area contributed by atoms with E-state index in [0.717, 1.165) is 10.7 Å². The van der Waals surface area contributed by atoms with Crippen molar-refractivity contribution >= 4 is 22.2 Å². The van der Waals surface area contributed by atoms with Crippen molar-refractivity contribution in [3.05, 3.63) is 47.1 Å². The summed E-state index contributed by atoms with van der Waals surface area (Å²) in [7, 11) is 1.58. The molecule has 3 aromatic heterocycles. The van der Waals surface area contributed by atoms with E-state index >= 15 is 0 Å². The van der Waals surface area contributed by atoms with Gasteiger partial charge in [0.15, 0.2) is 10.7 Å². The lowest BCUT2D eigenvalue weighted by molar-refractivity contribution is 0.0914. The van der Waals surface area contributed by atoms with Gasteiger partial charge < -0.3 is 14.5 Å². The highest BCUT2D eigenvalue weighted by atomic mass is 32.1. The molecule has 1 amide bonds. The Hall–Kier alpha value is -2.12. The molecule has 0 aliphatic carbocycles. The number of amides is 1. The Labute approximate surface area is 119 Å². The van der Waals surface area contributed by atoms with Gasteiger partial charge in [-0.25, -0.2) is 4.98 Å². The van der Waals surface area contributed by atoms with Crippen LogP contribution in [0.25, 0.3) is 4.96 Å². The van der Waals surface area contributed by atoms with Crippen LogP contribution >= 0.6 is 11.3 Å². The second-order valence-corrected chi connectivity index (χ2v) is 5.08. The summed E-state index contributed by atoms with van der Waals surface area (Å²) in [6.45, 7) is 0.720. The van der Waals surface area contributed by atoms with Crippen molar-refractivity contribution in [1.29, 1.82) is 0 Å². The molecule has 0 radical (unpaired) electrons. The average Bonchev–Trinajstić information content (AvgIpc) is 3.11. The highest BCUT2D eigenvalue weighted by Crippen LogP contribution is 2.12. The third-order valence-corrected chi connectivity index (χ3v) is 3.52. The first-order valence-electron chi connectivity index (χ1n) is 6.03. The van der Waals surface area contributed by atoms with E-state index in [1.165, 1.54) is 0 Å². The predicted molar refractivity (Wildman–Crippen MR) is 73.7 cm³/mol. The Morgan fingerprint density at radius 1 is 1.55 bits per heavy atom. The maximum Gasteiger partial charge on any atom is 0.287 e. The minimum absolute atomic E-state index is 0.260. The molecule has 3 heterocycles. The van der Waals surface area contributed by atoms with E-state index in [-0.39, 0.29) is 11.7 Å². The van der Waals surface area contributed by atoms with Crippen LogP contribution in [0.3, 0.4) is 0 Å². The number of ether oxygens (including phenoxy) is 1. The molecule has 1 N–H and O–H groups in total. The lowest BCUT2D eigenvalue weighted by Crippen LogP contribution is -2.22. The zero-order chi connectivity index (χ0) is 13.9. The average molecular weight is 291 g/mol. The van der Waals surface area contributed by atoms with Gasteiger partial charge in [0.1, 0.15) is 12.4 Å². The maximum atomic E-state index is 11.9. The molecule has 3 aromatic rings. The van der Waals surface area contributed by atoms with Crippen molar-refractivity contribution in [2.24, 2.45) is 0 Å². The number of carbonyl (C=O) groups excluding carboxylic acids is 1. The molecule has 104 valence electrons. The third-order valence-electron chi connectivity index (χ3n) is 2.75. The minimum Gasteiger partial charge on any atom is -0.453 e. The highest BCUT2D eigenvalue weighted by Gasteiger charge is 2.11. The lowest BCUT2D eigenvalue weighted by Gasteiger charge is -2.00. The number of hydrogen-bond donors (Lipinski definition) is 1. The van der Waals surface area contributed by atoms with E-state index in [9.17, 15) is 4.79 Å². The van der Waals surface area contributed by atoms with Gasteiger partial charge in [-0.05, 0) is 12.1 Å². The third kappa shape index (κ3) is 2.59. The Morgan fingerprint density at radius 3 is 3.25 bits per heavy atom. The van der Waals surface area contributed by atoms with E-state index in [0.29, 0.717) is 18.9 Å². The summed E-state index contributed by atoms with van der Waals surface area (Å²) in [5.74, 6) is 0.641. The molecule has 20 heavy (non-hydrogen) atoms. The SMILES string of the molecule is COCc1ccc(C(=O)NCc2cn3ccsc3n2)o1. The first-order valence-corrected chi connectivity index (χ1v) is 6.91. The summed E-state index contributed by atoms with van der Waals surface area (Å²) >= 11 is 1.55. The van der Waals surface area contributed by atoms with Crippen molar-refractivity contribution < 1.29 is 13.9 Å². The number of furan rings is 1. The van der Waals surface area contributed by atoms with Crippen LogP contribution in [-0.2, 0) is 17.9 Å². The van der Waals surface area contributed by atoms with Crippen LogP contribution in [0.5, 0.6) is 0 Å². The molecule has 0 atom stereocenters. The van der Waals surface area contributed by atoms with Gasteiger partial charge in [-0.2, -0.15) is 0 Å². The van der Waals surface area contributed by atoms with Crippen molar-refractivity contribution in [2.45, 2.75) is 13.2 Å². The molecule has 0 aromatic carbocycles. The number of imidazole rings is 1. The molecule has 0 bridgehead atoms. The number of fused-ring (bicyclic) bond motifs is 1. The lowest BCUT2D eigenvalue weighted by atomic mass is 10.4. The van der Waals surface area contributed by atoms with Gasteiger partial charge in [0.05, 0.1) is 12.2 Å². The second kappa shape index (κ2) is 5.48. The Morgan fingerprint density at radius 2 is 2.45 bits per heavy atom. The first kappa shape index (κ1) is 12.9. The fraction of sp³-hybridized carbons (Fsp3) is 0.231. The zero-order valence-corrected chi connectivity index (χ0v) is 11.6. The van der Waals surface area contributed by atoms with Crippen LogP contribution in [0.1, 0.15) is 22.0 Å². The largest absolute Gasteiger partial charge is 0.453 e. The summed E-state index contributed by atoms with van der Waals surface area (Å²) in [6.07, 6.45) is 3.83. The number of aromatic nitrogens is 2. The second-order valence-electron chi connectivity index (χ2n) is 4.21. The number of nitrogens with one attached hydrogen (secondary N) is 1. The van der Waals surface area contributed by atoms with E-state index in [2.05, 4.69) is 10.3 Å². The van der Waals surface area contributed by atoms with Gasteiger partial charge in [0, 0.05) is 24.9 Å². The molecular formula is C13H13N3O3S. The van der Waals surface area contributed by atoms with Crippen molar-refractivity contribution in [2.75, 3.05) is 7.11 Å².